The Labute approximate surface area is 135 Å². The van der Waals surface area contributed by atoms with Gasteiger partial charge in [0, 0.05) is 6.04 Å². The summed E-state index contributed by atoms with van der Waals surface area (Å²) in [5.41, 5.74) is 0. The van der Waals surface area contributed by atoms with E-state index in [1.807, 2.05) is 0 Å². The second kappa shape index (κ2) is 16.3. The second-order valence-electron chi connectivity index (χ2n) is 7.24. The Kier molecular flexibility index (Phi) is 16.3. The largest absolute Gasteiger partial charge is 0.314 e. The van der Waals surface area contributed by atoms with Crippen molar-refractivity contribution in [1.82, 2.24) is 5.32 Å². The van der Waals surface area contributed by atoms with Gasteiger partial charge >= 0.3 is 0 Å². The Morgan fingerprint density at radius 3 is 1.71 bits per heavy atom. The minimum Gasteiger partial charge on any atom is -0.314 e. The van der Waals surface area contributed by atoms with Crippen molar-refractivity contribution in [1.29, 1.82) is 0 Å². The fourth-order valence-corrected chi connectivity index (χ4v) is 2.93. The van der Waals surface area contributed by atoms with E-state index in [0.29, 0.717) is 0 Å². The summed E-state index contributed by atoms with van der Waals surface area (Å²) >= 11 is 0. The van der Waals surface area contributed by atoms with Crippen LogP contribution in [-0.2, 0) is 0 Å². The van der Waals surface area contributed by atoms with E-state index < -0.39 is 0 Å². The molecule has 1 nitrogen and oxygen atoms in total. The first-order valence-corrected chi connectivity index (χ1v) is 9.94. The van der Waals surface area contributed by atoms with Gasteiger partial charge in [-0.3, -0.25) is 0 Å². The first-order chi connectivity index (χ1) is 10.2. The van der Waals surface area contributed by atoms with Crippen LogP contribution in [0.2, 0.25) is 0 Å². The molecule has 0 aromatic heterocycles. The molecule has 1 N–H and O–H groups in total. The molecular formula is C20H43N. The third-order valence-corrected chi connectivity index (χ3v) is 4.43. The molecule has 0 fully saturated rings. The number of hydrogen-bond acceptors (Lipinski definition) is 1. The zero-order valence-electron chi connectivity index (χ0n) is 15.6. The summed E-state index contributed by atoms with van der Waals surface area (Å²) in [7, 11) is 0. The summed E-state index contributed by atoms with van der Waals surface area (Å²) in [6.45, 7) is 10.4. The highest BCUT2D eigenvalue weighted by atomic mass is 14.9. The van der Waals surface area contributed by atoms with Crippen molar-refractivity contribution in [3.05, 3.63) is 0 Å². The Morgan fingerprint density at radius 1 is 0.619 bits per heavy atom. The summed E-state index contributed by atoms with van der Waals surface area (Å²) in [6, 6.07) is 0.775. The van der Waals surface area contributed by atoms with Crippen molar-refractivity contribution < 1.29 is 0 Å². The molecule has 0 saturated carbocycles. The van der Waals surface area contributed by atoms with Crippen LogP contribution < -0.4 is 5.32 Å². The van der Waals surface area contributed by atoms with Gasteiger partial charge in [0.2, 0.25) is 0 Å². The smallest absolute Gasteiger partial charge is 0.00671 e. The molecule has 0 rings (SSSR count). The predicted molar refractivity (Wildman–Crippen MR) is 98.0 cm³/mol. The van der Waals surface area contributed by atoms with Crippen LogP contribution in [0.25, 0.3) is 0 Å². The van der Waals surface area contributed by atoms with E-state index in [-0.39, 0.29) is 0 Å². The maximum Gasteiger partial charge on any atom is 0.00671 e. The fourth-order valence-electron chi connectivity index (χ4n) is 2.93. The third kappa shape index (κ3) is 16.2. The van der Waals surface area contributed by atoms with E-state index >= 15 is 0 Å². The zero-order chi connectivity index (χ0) is 15.8. The summed E-state index contributed by atoms with van der Waals surface area (Å²) in [6.07, 6.45) is 18.4. The Bertz CT molecular complexity index is 188. The lowest BCUT2D eigenvalue weighted by Gasteiger charge is -2.19. The van der Waals surface area contributed by atoms with Gasteiger partial charge in [-0.25, -0.2) is 0 Å². The minimum atomic E-state index is 0.775. The maximum atomic E-state index is 3.75. The summed E-state index contributed by atoms with van der Waals surface area (Å²) in [5, 5.41) is 3.75. The van der Waals surface area contributed by atoms with Crippen LogP contribution in [0.3, 0.4) is 0 Å². The average molecular weight is 298 g/mol. The predicted octanol–water partition coefficient (Wildman–Crippen LogP) is 6.71. The summed E-state index contributed by atoms with van der Waals surface area (Å²) in [4.78, 5) is 0. The van der Waals surface area contributed by atoms with Gasteiger partial charge in [0.05, 0.1) is 0 Å². The lowest BCUT2D eigenvalue weighted by Crippen LogP contribution is -2.30. The lowest BCUT2D eigenvalue weighted by atomic mass is 9.98. The Morgan fingerprint density at radius 2 is 1.19 bits per heavy atom. The van der Waals surface area contributed by atoms with E-state index in [9.17, 15) is 0 Å². The van der Waals surface area contributed by atoms with E-state index in [2.05, 4.69) is 33.0 Å². The van der Waals surface area contributed by atoms with E-state index in [4.69, 9.17) is 0 Å². The Hall–Kier alpha value is -0.0400. The van der Waals surface area contributed by atoms with Crippen LogP contribution in [-0.4, -0.2) is 12.6 Å². The molecule has 128 valence electrons. The highest BCUT2D eigenvalue weighted by Gasteiger charge is 2.08. The summed E-state index contributed by atoms with van der Waals surface area (Å²) < 4.78 is 0. The molecule has 1 unspecified atom stereocenters. The number of hydrogen-bond donors (Lipinski definition) is 1. The molecule has 1 atom stereocenters. The van der Waals surface area contributed by atoms with Crippen LogP contribution in [0.4, 0.5) is 0 Å². The van der Waals surface area contributed by atoms with Gasteiger partial charge in [-0.2, -0.15) is 0 Å². The molecule has 0 bridgehead atoms. The van der Waals surface area contributed by atoms with Crippen LogP contribution in [0, 0.1) is 5.92 Å². The van der Waals surface area contributed by atoms with Crippen molar-refractivity contribution in [2.75, 3.05) is 6.54 Å². The average Bonchev–Trinajstić information content (AvgIpc) is 2.47. The molecular weight excluding hydrogens is 254 g/mol. The monoisotopic (exact) mass is 297 g/mol. The molecule has 0 aromatic rings. The van der Waals surface area contributed by atoms with Crippen molar-refractivity contribution >= 4 is 0 Å². The second-order valence-corrected chi connectivity index (χ2v) is 7.24. The first-order valence-electron chi connectivity index (χ1n) is 9.94. The molecule has 0 aliphatic carbocycles. The standard InChI is InChI=1S/C20H43N/c1-5-7-8-9-10-11-12-13-14-15-20(21-18-6-2)17-16-19(3)4/h19-21H,5-18H2,1-4H3. The first kappa shape index (κ1) is 21.0. The van der Waals surface area contributed by atoms with Crippen molar-refractivity contribution in [3.63, 3.8) is 0 Å². The van der Waals surface area contributed by atoms with Gasteiger partial charge in [-0.1, -0.05) is 85.5 Å². The van der Waals surface area contributed by atoms with Crippen molar-refractivity contribution in [2.24, 2.45) is 5.92 Å². The molecule has 0 radical (unpaired) electrons. The fraction of sp³-hybridized carbons (Fsp3) is 1.00. The van der Waals surface area contributed by atoms with Gasteiger partial charge in [-0.05, 0) is 38.1 Å². The molecule has 0 aliphatic rings. The van der Waals surface area contributed by atoms with Gasteiger partial charge in [-0.15, -0.1) is 0 Å². The Balaban J connectivity index is 3.48. The van der Waals surface area contributed by atoms with Crippen LogP contribution in [0.5, 0.6) is 0 Å². The van der Waals surface area contributed by atoms with Gasteiger partial charge in [0.1, 0.15) is 0 Å². The van der Waals surface area contributed by atoms with E-state index in [1.54, 1.807) is 0 Å². The highest BCUT2D eigenvalue weighted by Crippen LogP contribution is 2.15. The van der Waals surface area contributed by atoms with Crippen molar-refractivity contribution in [3.8, 4) is 0 Å². The number of nitrogens with one attached hydrogen (secondary N) is 1. The van der Waals surface area contributed by atoms with Gasteiger partial charge in [0.15, 0.2) is 0 Å². The molecule has 1 heteroatoms. The van der Waals surface area contributed by atoms with Crippen molar-refractivity contribution in [2.45, 2.75) is 117 Å². The number of unbranched alkanes of at least 4 members (excludes halogenated alkanes) is 8. The molecule has 0 aliphatic heterocycles. The van der Waals surface area contributed by atoms with E-state index in [1.165, 1.54) is 90.0 Å². The molecule has 0 heterocycles. The van der Waals surface area contributed by atoms with Gasteiger partial charge < -0.3 is 5.32 Å². The van der Waals surface area contributed by atoms with Crippen LogP contribution in [0.1, 0.15) is 111 Å². The highest BCUT2D eigenvalue weighted by molar-refractivity contribution is 4.68. The van der Waals surface area contributed by atoms with Crippen LogP contribution in [0.15, 0.2) is 0 Å². The molecule has 0 saturated heterocycles. The minimum absolute atomic E-state index is 0.775. The third-order valence-electron chi connectivity index (χ3n) is 4.43. The maximum absolute atomic E-state index is 3.75. The topological polar surface area (TPSA) is 12.0 Å². The summed E-state index contributed by atoms with van der Waals surface area (Å²) in [5.74, 6) is 0.846. The lowest BCUT2D eigenvalue weighted by molar-refractivity contribution is 0.395. The number of rotatable bonds is 16. The quantitative estimate of drug-likeness (QED) is 0.312. The van der Waals surface area contributed by atoms with Gasteiger partial charge in [0.25, 0.3) is 0 Å². The molecule has 0 spiro atoms. The van der Waals surface area contributed by atoms with Crippen LogP contribution >= 0.6 is 0 Å². The molecule has 0 aromatic carbocycles. The zero-order valence-corrected chi connectivity index (χ0v) is 15.6. The molecule has 21 heavy (non-hydrogen) atoms. The SMILES string of the molecule is CCCCCCCCCCCC(CCC(C)C)NCCC. The van der Waals surface area contributed by atoms with E-state index in [0.717, 1.165) is 12.0 Å². The normalized spacial score (nSPS) is 13.0. The molecule has 0 amide bonds.